The predicted molar refractivity (Wildman–Crippen MR) is 46.9 cm³/mol. The molecule has 1 rings (SSSR count). The van der Waals surface area contributed by atoms with Crippen LogP contribution in [0.25, 0.3) is 0 Å². The Morgan fingerprint density at radius 2 is 2.18 bits per heavy atom. The summed E-state index contributed by atoms with van der Waals surface area (Å²) in [6, 6.07) is 3.50. The summed E-state index contributed by atoms with van der Waals surface area (Å²) in [4.78, 5) is 12.5. The van der Waals surface area contributed by atoms with E-state index in [0.29, 0.717) is 0 Å². The lowest BCUT2D eigenvalue weighted by atomic mass is 10.2. The molecule has 0 spiro atoms. The van der Waals surface area contributed by atoms with E-state index in [2.05, 4.69) is 9.72 Å². The number of rotatable bonds is 3. The summed E-state index contributed by atoms with van der Waals surface area (Å²) in [5.41, 5.74) is -0.171. The molecule has 1 aromatic rings. The van der Waals surface area contributed by atoms with Crippen LogP contribution in [-0.4, -0.2) is 16.3 Å². The van der Waals surface area contributed by atoms with Gasteiger partial charge in [0.1, 0.15) is 0 Å². The molecule has 9 heteroatoms. The lowest BCUT2D eigenvalue weighted by Crippen LogP contribution is -2.19. The molecule has 1 heterocycles. The molecule has 0 fully saturated rings. The van der Waals surface area contributed by atoms with E-state index in [9.17, 15) is 23.3 Å². The average molecular weight is 247 g/mol. The van der Waals surface area contributed by atoms with Gasteiger partial charge in [0, 0.05) is 11.1 Å². The fourth-order valence-electron chi connectivity index (χ4n) is 0.979. The van der Waals surface area contributed by atoms with Crippen molar-refractivity contribution in [3.05, 3.63) is 27.8 Å². The van der Waals surface area contributed by atoms with E-state index in [1.165, 1.54) is 0 Å². The Balaban J connectivity index is 3.16. The summed E-state index contributed by atoms with van der Waals surface area (Å²) in [6.45, 7) is 0. The highest BCUT2D eigenvalue weighted by Crippen LogP contribution is 2.26. The van der Waals surface area contributed by atoms with Gasteiger partial charge in [-0.05, 0) is 11.0 Å². The largest absolute Gasteiger partial charge is 0.575 e. The van der Waals surface area contributed by atoms with Crippen LogP contribution in [0.2, 0.25) is 0 Å². The number of nitriles is 1. The van der Waals surface area contributed by atoms with Crippen LogP contribution in [0, 0.1) is 21.4 Å². The molecule has 0 aliphatic rings. The third-order valence-electron chi connectivity index (χ3n) is 1.59. The number of hydrogen-bond donors (Lipinski definition) is 0. The number of nitrogens with zero attached hydrogens (tertiary/aromatic N) is 3. The highest BCUT2D eigenvalue weighted by Gasteiger charge is 2.35. The van der Waals surface area contributed by atoms with Crippen LogP contribution in [0.5, 0.6) is 5.88 Å². The quantitative estimate of drug-likeness (QED) is 0.601. The number of hydrogen-bond acceptors (Lipinski definition) is 5. The van der Waals surface area contributed by atoms with E-state index in [0.717, 1.165) is 12.1 Å². The monoisotopic (exact) mass is 247 g/mol. The van der Waals surface area contributed by atoms with Crippen molar-refractivity contribution in [1.29, 1.82) is 5.26 Å². The topological polar surface area (TPSA) is 89.0 Å². The molecule has 1 aromatic heterocycles. The minimum absolute atomic E-state index is 0.171. The van der Waals surface area contributed by atoms with Gasteiger partial charge >= 0.3 is 18.1 Å². The van der Waals surface area contributed by atoms with Gasteiger partial charge in [0.05, 0.1) is 18.1 Å². The molecule has 0 radical (unpaired) electrons. The summed E-state index contributed by atoms with van der Waals surface area (Å²) in [5, 5.41) is 18.7. The summed E-state index contributed by atoms with van der Waals surface area (Å²) in [7, 11) is 0. The maximum atomic E-state index is 12.0. The maximum absolute atomic E-state index is 12.0. The molecular weight excluding hydrogens is 243 g/mol. The Morgan fingerprint density at radius 1 is 1.53 bits per heavy atom. The Kier molecular flexibility index (Phi) is 3.47. The Bertz CT molecular complexity index is 481. The van der Waals surface area contributed by atoms with Crippen LogP contribution in [0.3, 0.4) is 0 Å². The van der Waals surface area contributed by atoms with Crippen LogP contribution in [-0.2, 0) is 6.42 Å². The SMILES string of the molecule is N#CCc1ccc([N+](=O)[O-])nc1OC(F)(F)F. The molecule has 6 nitrogen and oxygen atoms in total. The zero-order valence-electron chi connectivity index (χ0n) is 8.06. The standard InChI is InChI=1S/C8H4F3N3O3/c9-8(10,11)17-7-5(3-4-12)1-2-6(13-7)14(15)16/h1-2H,3H2. The molecule has 0 aliphatic carbocycles. The van der Waals surface area contributed by atoms with E-state index in [4.69, 9.17) is 5.26 Å². The molecule has 17 heavy (non-hydrogen) atoms. The second kappa shape index (κ2) is 4.65. The maximum Gasteiger partial charge on any atom is 0.575 e. The first-order valence-electron chi connectivity index (χ1n) is 4.10. The Hall–Kier alpha value is -2.37. The lowest BCUT2D eigenvalue weighted by molar-refractivity contribution is -0.390. The van der Waals surface area contributed by atoms with Crippen molar-refractivity contribution in [2.24, 2.45) is 0 Å². The molecule has 0 aliphatic heterocycles. The number of ether oxygens (including phenoxy) is 1. The second-order valence-electron chi connectivity index (χ2n) is 2.77. The minimum atomic E-state index is -5.02. The van der Waals surface area contributed by atoms with Crippen molar-refractivity contribution in [1.82, 2.24) is 4.98 Å². The number of aromatic nitrogens is 1. The normalized spacial score (nSPS) is 10.7. The zero-order valence-corrected chi connectivity index (χ0v) is 8.06. The van der Waals surface area contributed by atoms with E-state index < -0.39 is 29.4 Å². The van der Waals surface area contributed by atoms with Gasteiger partial charge in [0.2, 0.25) is 0 Å². The molecule has 0 saturated heterocycles. The van der Waals surface area contributed by atoms with Crippen molar-refractivity contribution >= 4 is 5.82 Å². The molecule has 0 N–H and O–H groups in total. The van der Waals surface area contributed by atoms with Gasteiger partial charge in [-0.3, -0.25) is 0 Å². The average Bonchev–Trinajstić information content (AvgIpc) is 2.18. The van der Waals surface area contributed by atoms with Crippen molar-refractivity contribution in [3.8, 4) is 11.9 Å². The van der Waals surface area contributed by atoms with Crippen LogP contribution in [0.15, 0.2) is 12.1 Å². The number of halogens is 3. The predicted octanol–water partition coefficient (Wildman–Crippen LogP) is 1.95. The van der Waals surface area contributed by atoms with E-state index >= 15 is 0 Å². The first-order valence-corrected chi connectivity index (χ1v) is 4.10. The highest BCUT2D eigenvalue weighted by atomic mass is 19.4. The second-order valence-corrected chi connectivity index (χ2v) is 2.77. The van der Waals surface area contributed by atoms with Crippen molar-refractivity contribution in [3.63, 3.8) is 0 Å². The van der Waals surface area contributed by atoms with Crippen LogP contribution in [0.4, 0.5) is 19.0 Å². The van der Waals surface area contributed by atoms with Crippen molar-refractivity contribution < 1.29 is 22.8 Å². The van der Waals surface area contributed by atoms with Crippen molar-refractivity contribution in [2.75, 3.05) is 0 Å². The van der Waals surface area contributed by atoms with E-state index in [1.807, 2.05) is 0 Å². The van der Waals surface area contributed by atoms with Gasteiger partial charge in [-0.15, -0.1) is 13.2 Å². The fraction of sp³-hybridized carbons (Fsp3) is 0.250. The van der Waals surface area contributed by atoms with Crippen LogP contribution < -0.4 is 4.74 Å². The third kappa shape index (κ3) is 3.60. The molecular formula is C8H4F3N3O3. The lowest BCUT2D eigenvalue weighted by Gasteiger charge is -2.07. The number of nitro groups is 1. The zero-order chi connectivity index (χ0) is 13.1. The Labute approximate surface area is 92.4 Å². The van der Waals surface area contributed by atoms with Crippen LogP contribution in [0.1, 0.15) is 5.56 Å². The first kappa shape index (κ1) is 12.7. The molecule has 0 atom stereocenters. The molecule has 0 amide bonds. The fourth-order valence-corrected chi connectivity index (χ4v) is 0.979. The van der Waals surface area contributed by atoms with Crippen molar-refractivity contribution in [2.45, 2.75) is 12.8 Å². The van der Waals surface area contributed by atoms with Gasteiger partial charge in [-0.25, -0.2) is 0 Å². The minimum Gasteiger partial charge on any atom is -0.366 e. The summed E-state index contributed by atoms with van der Waals surface area (Å²) < 4.78 is 39.4. The molecule has 90 valence electrons. The van der Waals surface area contributed by atoms with Crippen LogP contribution >= 0.6 is 0 Å². The Morgan fingerprint density at radius 3 is 2.65 bits per heavy atom. The number of pyridine rings is 1. The molecule has 0 bridgehead atoms. The van der Waals surface area contributed by atoms with Gasteiger partial charge in [0.15, 0.2) is 0 Å². The summed E-state index contributed by atoms with van der Waals surface area (Å²) >= 11 is 0. The summed E-state index contributed by atoms with van der Waals surface area (Å²) in [5.74, 6) is -1.76. The van der Waals surface area contributed by atoms with E-state index in [1.54, 1.807) is 6.07 Å². The molecule has 0 unspecified atom stereocenters. The number of alkyl halides is 3. The first-order chi connectivity index (χ1) is 7.83. The highest BCUT2D eigenvalue weighted by molar-refractivity contribution is 5.35. The third-order valence-corrected chi connectivity index (χ3v) is 1.59. The smallest absolute Gasteiger partial charge is 0.366 e. The van der Waals surface area contributed by atoms with E-state index in [-0.39, 0.29) is 5.56 Å². The van der Waals surface area contributed by atoms with Gasteiger partial charge in [-0.1, -0.05) is 0 Å². The molecule has 0 aromatic carbocycles. The van der Waals surface area contributed by atoms with Gasteiger partial charge < -0.3 is 14.9 Å². The molecule has 0 saturated carbocycles. The summed E-state index contributed by atoms with van der Waals surface area (Å²) in [6.07, 6.45) is -5.41. The van der Waals surface area contributed by atoms with Gasteiger partial charge in [0.25, 0.3) is 0 Å². The van der Waals surface area contributed by atoms with Gasteiger partial charge in [-0.2, -0.15) is 5.26 Å².